The minimum absolute atomic E-state index is 0.293. The fraction of sp³-hybridized carbons (Fsp3) is 0.158. The van der Waals surface area contributed by atoms with E-state index in [-0.39, 0.29) is 11.9 Å². The molecule has 128 valence electrons. The van der Waals surface area contributed by atoms with Gasteiger partial charge in [0.1, 0.15) is 0 Å². The van der Waals surface area contributed by atoms with Crippen molar-refractivity contribution in [1.82, 2.24) is 10.6 Å². The van der Waals surface area contributed by atoms with Crippen molar-refractivity contribution in [3.8, 4) is 0 Å². The van der Waals surface area contributed by atoms with Crippen LogP contribution in [-0.2, 0) is 4.79 Å². The minimum atomic E-state index is -0.518. The van der Waals surface area contributed by atoms with Gasteiger partial charge < -0.3 is 16.0 Å². The fourth-order valence-electron chi connectivity index (χ4n) is 2.76. The first kappa shape index (κ1) is 17.0. The summed E-state index contributed by atoms with van der Waals surface area (Å²) in [5.74, 6) is -0.293. The van der Waals surface area contributed by atoms with E-state index < -0.39 is 6.04 Å². The third-order valence-corrected chi connectivity index (χ3v) is 4.48. The molecule has 0 bridgehead atoms. The summed E-state index contributed by atoms with van der Waals surface area (Å²) >= 11 is 6.12. The van der Waals surface area contributed by atoms with Gasteiger partial charge in [0.25, 0.3) is 5.91 Å². The van der Waals surface area contributed by atoms with Gasteiger partial charge in [-0.2, -0.15) is 0 Å². The van der Waals surface area contributed by atoms with Gasteiger partial charge in [0.05, 0.1) is 11.6 Å². The van der Waals surface area contributed by atoms with Crippen LogP contribution in [0.5, 0.6) is 0 Å². The van der Waals surface area contributed by atoms with Crippen LogP contribution in [-0.4, -0.2) is 11.9 Å². The number of benzene rings is 2. The van der Waals surface area contributed by atoms with Crippen LogP contribution in [0.4, 0.5) is 10.5 Å². The predicted molar refractivity (Wildman–Crippen MR) is 98.4 cm³/mol. The Morgan fingerprint density at radius 2 is 1.84 bits per heavy atom. The van der Waals surface area contributed by atoms with Gasteiger partial charge in [-0.05, 0) is 37.1 Å². The van der Waals surface area contributed by atoms with Gasteiger partial charge >= 0.3 is 6.03 Å². The molecular weight excluding hydrogens is 338 g/mol. The number of allylic oxidation sites excluding steroid dienone is 1. The number of aryl methyl sites for hydroxylation is 1. The second-order valence-electron chi connectivity index (χ2n) is 5.90. The van der Waals surface area contributed by atoms with Gasteiger partial charge in [-0.1, -0.05) is 48.0 Å². The molecular formula is C19H18ClN3O2. The van der Waals surface area contributed by atoms with Crippen molar-refractivity contribution in [3.63, 3.8) is 0 Å². The third-order valence-electron chi connectivity index (χ3n) is 4.08. The third kappa shape index (κ3) is 3.67. The lowest BCUT2D eigenvalue weighted by Crippen LogP contribution is -2.45. The monoisotopic (exact) mass is 355 g/mol. The average Bonchev–Trinajstić information content (AvgIpc) is 2.58. The molecule has 0 fully saturated rings. The van der Waals surface area contributed by atoms with Crippen LogP contribution in [0.1, 0.15) is 24.1 Å². The number of carbonyl (C=O) groups is 2. The number of anilines is 1. The molecule has 3 amide bonds. The van der Waals surface area contributed by atoms with Crippen LogP contribution >= 0.6 is 11.6 Å². The van der Waals surface area contributed by atoms with E-state index in [9.17, 15) is 9.59 Å². The minimum Gasteiger partial charge on any atom is -0.327 e. The Morgan fingerprint density at radius 3 is 2.52 bits per heavy atom. The van der Waals surface area contributed by atoms with Crippen LogP contribution in [0.2, 0.25) is 5.02 Å². The summed E-state index contributed by atoms with van der Waals surface area (Å²) in [6.07, 6.45) is 0. The second-order valence-corrected chi connectivity index (χ2v) is 6.31. The van der Waals surface area contributed by atoms with Crippen LogP contribution in [0.25, 0.3) is 0 Å². The highest BCUT2D eigenvalue weighted by Gasteiger charge is 2.31. The number of hydrogen-bond acceptors (Lipinski definition) is 2. The Bertz CT molecular complexity index is 862. The average molecular weight is 356 g/mol. The van der Waals surface area contributed by atoms with E-state index in [0.717, 1.165) is 11.1 Å². The lowest BCUT2D eigenvalue weighted by molar-refractivity contribution is -0.113. The molecule has 0 aromatic heterocycles. The highest BCUT2D eigenvalue weighted by Crippen LogP contribution is 2.28. The van der Waals surface area contributed by atoms with E-state index in [1.165, 1.54) is 0 Å². The quantitative estimate of drug-likeness (QED) is 0.781. The Balaban J connectivity index is 1.93. The molecule has 2 aromatic carbocycles. The summed E-state index contributed by atoms with van der Waals surface area (Å²) in [5, 5.41) is 8.90. The predicted octanol–water partition coefficient (Wildman–Crippen LogP) is 3.92. The first-order valence-corrected chi connectivity index (χ1v) is 8.24. The molecule has 0 saturated carbocycles. The second kappa shape index (κ2) is 6.99. The van der Waals surface area contributed by atoms with Crippen LogP contribution in [0.3, 0.4) is 0 Å². The Labute approximate surface area is 151 Å². The fourth-order valence-corrected chi connectivity index (χ4v) is 2.94. The number of rotatable bonds is 3. The molecule has 0 unspecified atom stereocenters. The van der Waals surface area contributed by atoms with Crippen molar-refractivity contribution in [2.75, 3.05) is 5.32 Å². The zero-order valence-electron chi connectivity index (χ0n) is 13.9. The summed E-state index contributed by atoms with van der Waals surface area (Å²) in [5.41, 5.74) is 3.35. The van der Waals surface area contributed by atoms with Crippen molar-refractivity contribution in [2.45, 2.75) is 19.9 Å². The number of carbonyl (C=O) groups excluding carboxylic acids is 2. The summed E-state index contributed by atoms with van der Waals surface area (Å²) in [6.45, 7) is 3.61. The van der Waals surface area contributed by atoms with E-state index in [4.69, 9.17) is 11.6 Å². The zero-order valence-corrected chi connectivity index (χ0v) is 14.6. The maximum Gasteiger partial charge on any atom is 0.319 e. The molecule has 1 atom stereocenters. The van der Waals surface area contributed by atoms with Gasteiger partial charge in [-0.25, -0.2) is 4.79 Å². The van der Waals surface area contributed by atoms with Gasteiger partial charge in [0.2, 0.25) is 0 Å². The van der Waals surface area contributed by atoms with E-state index in [0.29, 0.717) is 22.0 Å². The van der Waals surface area contributed by atoms with Crippen LogP contribution < -0.4 is 16.0 Å². The molecule has 5 nitrogen and oxygen atoms in total. The normalized spacial score (nSPS) is 16.9. The molecule has 0 saturated heterocycles. The molecule has 3 N–H and O–H groups in total. The maximum atomic E-state index is 12.9. The molecule has 0 radical (unpaired) electrons. The van der Waals surface area contributed by atoms with E-state index >= 15 is 0 Å². The van der Waals surface area contributed by atoms with Gasteiger partial charge in [-0.3, -0.25) is 4.79 Å². The van der Waals surface area contributed by atoms with Crippen LogP contribution in [0, 0.1) is 6.92 Å². The highest BCUT2D eigenvalue weighted by atomic mass is 35.5. The molecule has 1 aliphatic heterocycles. The lowest BCUT2D eigenvalue weighted by Gasteiger charge is -2.28. The van der Waals surface area contributed by atoms with Gasteiger partial charge in [0.15, 0.2) is 0 Å². The molecule has 25 heavy (non-hydrogen) atoms. The first-order valence-electron chi connectivity index (χ1n) is 7.86. The van der Waals surface area contributed by atoms with E-state index in [1.54, 1.807) is 19.1 Å². The first-order chi connectivity index (χ1) is 12.0. The van der Waals surface area contributed by atoms with Crippen molar-refractivity contribution in [2.24, 2.45) is 0 Å². The smallest absolute Gasteiger partial charge is 0.319 e. The van der Waals surface area contributed by atoms with Crippen molar-refractivity contribution in [3.05, 3.63) is 76.0 Å². The number of hydrogen-bond donors (Lipinski definition) is 3. The van der Waals surface area contributed by atoms with Gasteiger partial charge in [-0.15, -0.1) is 0 Å². The highest BCUT2D eigenvalue weighted by molar-refractivity contribution is 6.31. The summed E-state index contributed by atoms with van der Waals surface area (Å²) in [6, 6.07) is 13.9. The van der Waals surface area contributed by atoms with E-state index in [2.05, 4.69) is 16.0 Å². The van der Waals surface area contributed by atoms with Crippen molar-refractivity contribution < 1.29 is 9.59 Å². The molecule has 6 heteroatoms. The molecule has 3 rings (SSSR count). The molecule has 0 spiro atoms. The number of amides is 3. The Morgan fingerprint density at radius 1 is 1.12 bits per heavy atom. The largest absolute Gasteiger partial charge is 0.327 e. The van der Waals surface area contributed by atoms with Crippen LogP contribution in [0.15, 0.2) is 59.8 Å². The van der Waals surface area contributed by atoms with Crippen molar-refractivity contribution >= 4 is 29.2 Å². The molecule has 0 aliphatic carbocycles. The number of urea groups is 1. The molecule has 1 aliphatic rings. The standard InChI is InChI=1S/C19H18ClN3O2/c1-11-8-9-14(10-15(11)20)22-18(24)16-12(2)21-19(25)23-17(16)13-6-4-3-5-7-13/h3-10,17H,1-2H3,(H,22,24)(H2,21,23,25)/t17-/m0/s1. The molecule has 1 heterocycles. The van der Waals surface area contributed by atoms with E-state index in [1.807, 2.05) is 43.3 Å². The zero-order chi connectivity index (χ0) is 18.0. The summed E-state index contributed by atoms with van der Waals surface area (Å²) in [7, 11) is 0. The van der Waals surface area contributed by atoms with Gasteiger partial charge in [0, 0.05) is 16.4 Å². The lowest BCUT2D eigenvalue weighted by atomic mass is 9.95. The summed E-state index contributed by atoms with van der Waals surface area (Å²) in [4.78, 5) is 24.7. The topological polar surface area (TPSA) is 70.2 Å². The maximum absolute atomic E-state index is 12.9. The summed E-state index contributed by atoms with van der Waals surface area (Å²) < 4.78 is 0. The Kier molecular flexibility index (Phi) is 4.76. The molecule has 2 aromatic rings. The number of halogens is 1. The SMILES string of the molecule is CC1=C(C(=O)Nc2ccc(C)c(Cl)c2)[C@H](c2ccccc2)NC(=O)N1. The Hall–Kier alpha value is -2.79. The number of nitrogens with one attached hydrogen (secondary N) is 3. The van der Waals surface area contributed by atoms with Crippen molar-refractivity contribution in [1.29, 1.82) is 0 Å².